The molecule has 0 atom stereocenters. The second-order valence-electron chi connectivity index (χ2n) is 9.68. The van der Waals surface area contributed by atoms with Crippen LogP contribution in [0.3, 0.4) is 0 Å². The summed E-state index contributed by atoms with van der Waals surface area (Å²) in [5.41, 5.74) is 3.48. The van der Waals surface area contributed by atoms with E-state index in [0.29, 0.717) is 53.7 Å². The highest BCUT2D eigenvalue weighted by Gasteiger charge is 2.16. The maximum atomic E-state index is 11.8. The quantitative estimate of drug-likeness (QED) is 0.161. The molecule has 4 N–H and O–H groups in total. The zero-order chi connectivity index (χ0) is 26.0. The van der Waals surface area contributed by atoms with E-state index in [-0.39, 0.29) is 5.97 Å². The summed E-state index contributed by atoms with van der Waals surface area (Å²) in [5, 5.41) is 3.29. The first-order chi connectivity index (χ1) is 17.3. The molecule has 200 valence electrons. The van der Waals surface area contributed by atoms with E-state index in [2.05, 4.69) is 20.6 Å². The molecule has 0 spiro atoms. The van der Waals surface area contributed by atoms with Gasteiger partial charge in [-0.2, -0.15) is 0 Å². The molecule has 1 fully saturated rings. The zero-order valence-corrected chi connectivity index (χ0v) is 21.9. The Hall–Kier alpha value is -2.89. The van der Waals surface area contributed by atoms with E-state index in [9.17, 15) is 4.79 Å². The standard InChI is InChI=1S/C25H40N6O5/c1-25(2,3)36-22(32)8-6-5-7-9-27-23-24(30-26)29-18-16-20(33-4)21(17-19(18)28-23)35-15-12-31-10-13-34-14-11-31/h16-17H,5-15,26H2,1-4H3,(H,27,28)(H,29,30). The fourth-order valence-electron chi connectivity index (χ4n) is 3.84. The Kier molecular flexibility index (Phi) is 10.3. The van der Waals surface area contributed by atoms with E-state index < -0.39 is 5.60 Å². The molecule has 0 aliphatic carbocycles. The second-order valence-corrected chi connectivity index (χ2v) is 9.68. The normalized spacial score (nSPS) is 14.5. The van der Waals surface area contributed by atoms with E-state index in [4.69, 9.17) is 29.8 Å². The first-order valence-corrected chi connectivity index (χ1v) is 12.5. The maximum absolute atomic E-state index is 11.8. The third kappa shape index (κ3) is 8.65. The molecule has 1 aliphatic rings. The van der Waals surface area contributed by atoms with Crippen LogP contribution in [0.15, 0.2) is 12.1 Å². The number of nitrogen functional groups attached to an aromatic ring is 1. The number of rotatable bonds is 13. The molecule has 1 aromatic carbocycles. The second kappa shape index (κ2) is 13.4. The van der Waals surface area contributed by atoms with Crippen LogP contribution in [0.2, 0.25) is 0 Å². The van der Waals surface area contributed by atoms with E-state index in [1.807, 2.05) is 26.8 Å². The van der Waals surface area contributed by atoms with Crippen LogP contribution in [0.25, 0.3) is 11.0 Å². The number of nitrogens with two attached hydrogens (primary N) is 1. The molecule has 0 saturated carbocycles. The summed E-state index contributed by atoms with van der Waals surface area (Å²) < 4.78 is 22.3. The Labute approximate surface area is 213 Å². The Bertz CT molecular complexity index is 991. The van der Waals surface area contributed by atoms with Crippen molar-refractivity contribution < 1.29 is 23.7 Å². The van der Waals surface area contributed by atoms with Crippen LogP contribution in [-0.4, -0.2) is 79.5 Å². The molecule has 1 aliphatic heterocycles. The molecule has 1 saturated heterocycles. The van der Waals surface area contributed by atoms with Gasteiger partial charge in [-0.25, -0.2) is 15.8 Å². The van der Waals surface area contributed by atoms with Crippen LogP contribution in [0.4, 0.5) is 11.6 Å². The van der Waals surface area contributed by atoms with Gasteiger partial charge < -0.3 is 29.7 Å². The first kappa shape index (κ1) is 27.7. The van der Waals surface area contributed by atoms with Crippen LogP contribution in [0.1, 0.15) is 46.5 Å². The summed E-state index contributed by atoms with van der Waals surface area (Å²) in [4.78, 5) is 23.4. The minimum absolute atomic E-state index is 0.163. The average molecular weight is 505 g/mol. The lowest BCUT2D eigenvalue weighted by Crippen LogP contribution is -2.38. The first-order valence-electron chi connectivity index (χ1n) is 12.5. The van der Waals surface area contributed by atoms with Gasteiger partial charge in [-0.1, -0.05) is 6.42 Å². The number of anilines is 2. The molecule has 0 amide bonds. The third-order valence-electron chi connectivity index (χ3n) is 5.63. The van der Waals surface area contributed by atoms with E-state index in [0.717, 1.165) is 52.1 Å². The van der Waals surface area contributed by atoms with Crippen LogP contribution in [0.5, 0.6) is 11.5 Å². The lowest BCUT2D eigenvalue weighted by molar-refractivity contribution is -0.154. The van der Waals surface area contributed by atoms with Gasteiger partial charge >= 0.3 is 5.97 Å². The number of benzene rings is 1. The minimum Gasteiger partial charge on any atom is -0.493 e. The summed E-state index contributed by atoms with van der Waals surface area (Å²) in [6.07, 6.45) is 2.94. The lowest BCUT2D eigenvalue weighted by atomic mass is 10.1. The van der Waals surface area contributed by atoms with Crippen molar-refractivity contribution in [2.24, 2.45) is 5.84 Å². The predicted molar refractivity (Wildman–Crippen MR) is 139 cm³/mol. The molecule has 36 heavy (non-hydrogen) atoms. The average Bonchev–Trinajstić information content (AvgIpc) is 2.84. The number of hydrazine groups is 1. The van der Waals surface area contributed by atoms with Crippen molar-refractivity contribution in [2.75, 3.05) is 63.9 Å². The van der Waals surface area contributed by atoms with Crippen LogP contribution >= 0.6 is 0 Å². The smallest absolute Gasteiger partial charge is 0.306 e. The monoisotopic (exact) mass is 504 g/mol. The number of aromatic nitrogens is 2. The maximum Gasteiger partial charge on any atom is 0.306 e. The van der Waals surface area contributed by atoms with Gasteiger partial charge in [0.15, 0.2) is 23.1 Å². The van der Waals surface area contributed by atoms with Crippen molar-refractivity contribution in [3.8, 4) is 11.5 Å². The molecular weight excluding hydrogens is 464 g/mol. The number of fused-ring (bicyclic) bond motifs is 1. The van der Waals surface area contributed by atoms with Crippen molar-refractivity contribution >= 4 is 28.6 Å². The topological polar surface area (TPSA) is 133 Å². The molecular formula is C25H40N6O5. The number of hydrogen-bond donors (Lipinski definition) is 3. The fraction of sp³-hybridized carbons (Fsp3) is 0.640. The van der Waals surface area contributed by atoms with Gasteiger partial charge in [-0.05, 0) is 33.6 Å². The largest absolute Gasteiger partial charge is 0.493 e. The molecule has 0 unspecified atom stereocenters. The van der Waals surface area contributed by atoms with Crippen LogP contribution in [0, 0.1) is 0 Å². The molecule has 1 aromatic heterocycles. The van der Waals surface area contributed by atoms with Gasteiger partial charge in [0.25, 0.3) is 0 Å². The summed E-state index contributed by atoms with van der Waals surface area (Å²) >= 11 is 0. The Morgan fingerprint density at radius 3 is 2.44 bits per heavy atom. The number of nitrogens with zero attached hydrogens (tertiary/aromatic N) is 3. The molecule has 0 radical (unpaired) electrons. The van der Waals surface area contributed by atoms with Crippen molar-refractivity contribution in [1.29, 1.82) is 0 Å². The van der Waals surface area contributed by atoms with Crippen molar-refractivity contribution in [3.63, 3.8) is 0 Å². The zero-order valence-electron chi connectivity index (χ0n) is 21.9. The van der Waals surface area contributed by atoms with E-state index in [1.54, 1.807) is 13.2 Å². The van der Waals surface area contributed by atoms with Gasteiger partial charge in [0.2, 0.25) is 0 Å². The molecule has 0 bridgehead atoms. The summed E-state index contributed by atoms with van der Waals surface area (Å²) in [6.45, 7) is 11.0. The number of unbranched alkanes of at least 4 members (excludes halogenated alkanes) is 2. The highest BCUT2D eigenvalue weighted by Crippen LogP contribution is 2.33. The number of hydrogen-bond acceptors (Lipinski definition) is 11. The van der Waals surface area contributed by atoms with Gasteiger partial charge in [-0.15, -0.1) is 0 Å². The van der Waals surface area contributed by atoms with Crippen molar-refractivity contribution in [3.05, 3.63) is 12.1 Å². The van der Waals surface area contributed by atoms with Gasteiger partial charge in [0, 0.05) is 44.7 Å². The number of esters is 1. The van der Waals surface area contributed by atoms with Crippen LogP contribution in [-0.2, 0) is 14.3 Å². The van der Waals surface area contributed by atoms with Gasteiger partial charge in [-0.3, -0.25) is 9.69 Å². The Morgan fingerprint density at radius 2 is 1.78 bits per heavy atom. The molecule has 2 heterocycles. The predicted octanol–water partition coefficient (Wildman–Crippen LogP) is 2.95. The highest BCUT2D eigenvalue weighted by atomic mass is 16.6. The molecule has 11 nitrogen and oxygen atoms in total. The number of carbonyl (C=O) groups excluding carboxylic acids is 1. The molecule has 2 aromatic rings. The van der Waals surface area contributed by atoms with Crippen molar-refractivity contribution in [1.82, 2.24) is 14.9 Å². The SMILES string of the molecule is COc1cc2nc(NN)c(NCCCCCC(=O)OC(C)(C)C)nc2cc1OCCN1CCOCC1. The number of morpholine rings is 1. The summed E-state index contributed by atoms with van der Waals surface area (Å²) in [6, 6.07) is 3.64. The lowest BCUT2D eigenvalue weighted by Gasteiger charge is -2.26. The molecule has 3 rings (SSSR count). The van der Waals surface area contributed by atoms with E-state index in [1.165, 1.54) is 0 Å². The minimum atomic E-state index is -0.448. The van der Waals surface area contributed by atoms with E-state index >= 15 is 0 Å². The fourth-order valence-corrected chi connectivity index (χ4v) is 3.84. The highest BCUT2D eigenvalue weighted by molar-refractivity contribution is 5.83. The van der Waals surface area contributed by atoms with Gasteiger partial charge in [0.05, 0.1) is 31.4 Å². The number of nitrogens with one attached hydrogen (secondary N) is 2. The Morgan fingerprint density at radius 1 is 1.08 bits per heavy atom. The summed E-state index contributed by atoms with van der Waals surface area (Å²) in [5.74, 6) is 7.75. The number of carbonyl (C=O) groups is 1. The van der Waals surface area contributed by atoms with Crippen molar-refractivity contribution in [2.45, 2.75) is 52.1 Å². The Balaban J connectivity index is 1.56. The third-order valence-corrected chi connectivity index (χ3v) is 5.63. The number of ether oxygens (including phenoxy) is 4. The summed E-state index contributed by atoms with van der Waals surface area (Å²) in [7, 11) is 1.60. The molecule has 11 heteroatoms. The number of methoxy groups -OCH3 is 1. The van der Waals surface area contributed by atoms with Gasteiger partial charge in [0.1, 0.15) is 12.2 Å². The van der Waals surface area contributed by atoms with Crippen LogP contribution < -0.4 is 26.1 Å².